The van der Waals surface area contributed by atoms with Crippen molar-refractivity contribution < 1.29 is 14.6 Å². The third-order valence-electron chi connectivity index (χ3n) is 6.23. The number of benzene rings is 2. The highest BCUT2D eigenvalue weighted by Gasteiger charge is 2.12. The number of hydrogen-bond acceptors (Lipinski definition) is 8. The number of nitrogens with one attached hydrogen (secondary N) is 2. The molecule has 0 radical (unpaired) electrons. The zero-order valence-corrected chi connectivity index (χ0v) is 22.8. The number of pyridine rings is 2. The summed E-state index contributed by atoms with van der Waals surface area (Å²) in [6.45, 7) is 5.76. The number of nitrogens with zero attached hydrogens (tertiary/aromatic N) is 3. The molecule has 40 heavy (non-hydrogen) atoms. The van der Waals surface area contributed by atoms with Crippen LogP contribution in [0.4, 0.5) is 0 Å². The summed E-state index contributed by atoms with van der Waals surface area (Å²) in [5, 5.41) is 25.4. The molecule has 0 aliphatic heterocycles. The molecule has 4 aromatic rings. The zero-order valence-electron chi connectivity index (χ0n) is 22.8. The van der Waals surface area contributed by atoms with Gasteiger partial charge in [0, 0.05) is 49.7 Å². The second-order valence-corrected chi connectivity index (χ2v) is 9.32. The molecule has 206 valence electrons. The van der Waals surface area contributed by atoms with Crippen LogP contribution in [0.2, 0.25) is 0 Å². The van der Waals surface area contributed by atoms with Gasteiger partial charge in [-0.1, -0.05) is 55.5 Å². The molecule has 0 spiro atoms. The Balaban J connectivity index is 1.39. The first-order chi connectivity index (χ1) is 19.7. The number of nitriles is 1. The molecular formula is C32H35N5O3. The molecule has 0 aliphatic carbocycles. The summed E-state index contributed by atoms with van der Waals surface area (Å²) in [7, 11) is 0. The first-order valence-electron chi connectivity index (χ1n) is 13.5. The van der Waals surface area contributed by atoms with E-state index in [9.17, 15) is 5.26 Å². The SMILES string of the molecule is CCCNCc1ccc(OCc2cccc(-c3cccc(COc4ccc(CNCCO)cn4)c3C#N)c2)nc1. The van der Waals surface area contributed by atoms with Gasteiger partial charge in [-0.3, -0.25) is 0 Å². The summed E-state index contributed by atoms with van der Waals surface area (Å²) in [5.41, 5.74) is 6.23. The molecule has 0 saturated carbocycles. The lowest BCUT2D eigenvalue weighted by Crippen LogP contribution is -2.17. The minimum Gasteiger partial charge on any atom is -0.473 e. The number of rotatable bonds is 15. The van der Waals surface area contributed by atoms with Crippen LogP contribution in [0, 0.1) is 11.3 Å². The van der Waals surface area contributed by atoms with Crippen molar-refractivity contribution in [2.45, 2.75) is 39.6 Å². The predicted molar refractivity (Wildman–Crippen MR) is 155 cm³/mol. The highest BCUT2D eigenvalue weighted by atomic mass is 16.5. The van der Waals surface area contributed by atoms with Crippen LogP contribution in [0.15, 0.2) is 79.1 Å². The van der Waals surface area contributed by atoms with Crippen molar-refractivity contribution in [1.29, 1.82) is 5.26 Å². The third kappa shape index (κ3) is 8.35. The summed E-state index contributed by atoms with van der Waals surface area (Å²) in [4.78, 5) is 8.78. The van der Waals surface area contributed by atoms with Crippen molar-refractivity contribution in [3.8, 4) is 29.0 Å². The van der Waals surface area contributed by atoms with Gasteiger partial charge in [-0.2, -0.15) is 5.26 Å². The monoisotopic (exact) mass is 537 g/mol. The molecule has 0 bridgehead atoms. The van der Waals surface area contributed by atoms with Crippen molar-refractivity contribution in [1.82, 2.24) is 20.6 Å². The lowest BCUT2D eigenvalue weighted by atomic mass is 9.95. The Bertz CT molecular complexity index is 1390. The Morgan fingerprint density at radius 1 is 0.800 bits per heavy atom. The Morgan fingerprint density at radius 3 is 2.10 bits per heavy atom. The summed E-state index contributed by atoms with van der Waals surface area (Å²) >= 11 is 0. The minimum atomic E-state index is 0.0937. The van der Waals surface area contributed by atoms with Gasteiger partial charge >= 0.3 is 0 Å². The van der Waals surface area contributed by atoms with Crippen LogP contribution in [0.3, 0.4) is 0 Å². The fourth-order valence-electron chi connectivity index (χ4n) is 4.15. The molecule has 0 fully saturated rings. The molecule has 2 aromatic heterocycles. The van der Waals surface area contributed by atoms with Gasteiger partial charge in [0.25, 0.3) is 0 Å². The van der Waals surface area contributed by atoms with E-state index in [1.165, 1.54) is 0 Å². The second kappa shape index (κ2) is 15.3. The van der Waals surface area contributed by atoms with Crippen LogP contribution < -0.4 is 20.1 Å². The second-order valence-electron chi connectivity index (χ2n) is 9.32. The maximum absolute atomic E-state index is 10.0. The van der Waals surface area contributed by atoms with Gasteiger partial charge in [-0.05, 0) is 46.8 Å². The van der Waals surface area contributed by atoms with Crippen molar-refractivity contribution >= 4 is 0 Å². The molecule has 0 saturated heterocycles. The van der Waals surface area contributed by atoms with Crippen LogP contribution in [-0.2, 0) is 26.3 Å². The lowest BCUT2D eigenvalue weighted by molar-refractivity contribution is 0.290. The van der Waals surface area contributed by atoms with E-state index in [0.717, 1.165) is 52.9 Å². The Morgan fingerprint density at radius 2 is 1.48 bits per heavy atom. The van der Waals surface area contributed by atoms with Crippen molar-refractivity contribution in [3.05, 3.63) is 107 Å². The third-order valence-corrected chi connectivity index (χ3v) is 6.23. The van der Waals surface area contributed by atoms with Crippen LogP contribution in [0.1, 0.15) is 41.2 Å². The number of aliphatic hydroxyl groups is 1. The van der Waals surface area contributed by atoms with Crippen molar-refractivity contribution in [3.63, 3.8) is 0 Å². The number of aromatic nitrogens is 2. The number of aliphatic hydroxyl groups excluding tert-OH is 1. The molecule has 4 rings (SSSR count). The average Bonchev–Trinajstić information content (AvgIpc) is 3.00. The van der Waals surface area contributed by atoms with E-state index in [1.807, 2.05) is 66.9 Å². The largest absolute Gasteiger partial charge is 0.473 e. The van der Waals surface area contributed by atoms with Gasteiger partial charge in [0.1, 0.15) is 19.3 Å². The van der Waals surface area contributed by atoms with Gasteiger partial charge in [-0.15, -0.1) is 0 Å². The standard InChI is InChI=1S/C32H35N5O3/c1-2-13-34-18-25-9-11-31(36-20-25)39-22-24-5-3-6-27(16-24)29-8-4-7-28(30(29)17-33)23-40-32-12-10-26(21-37-32)19-35-14-15-38/h3-12,16,20-21,34-35,38H,2,13-15,18-19,22-23H2,1H3. The van der Waals surface area contributed by atoms with Gasteiger partial charge in [0.2, 0.25) is 11.8 Å². The van der Waals surface area contributed by atoms with E-state index in [2.05, 4.69) is 33.6 Å². The van der Waals surface area contributed by atoms with Crippen LogP contribution >= 0.6 is 0 Å². The van der Waals surface area contributed by atoms with Gasteiger partial charge in [0.15, 0.2) is 0 Å². The van der Waals surface area contributed by atoms with Crippen LogP contribution in [0.25, 0.3) is 11.1 Å². The highest BCUT2D eigenvalue weighted by molar-refractivity contribution is 5.72. The molecule has 0 aliphatic rings. The van der Waals surface area contributed by atoms with E-state index in [4.69, 9.17) is 14.6 Å². The van der Waals surface area contributed by atoms with E-state index in [-0.39, 0.29) is 13.2 Å². The van der Waals surface area contributed by atoms with Crippen LogP contribution in [-0.4, -0.2) is 34.8 Å². The normalized spacial score (nSPS) is 10.7. The topological polar surface area (TPSA) is 112 Å². The van der Waals surface area contributed by atoms with Crippen molar-refractivity contribution in [2.75, 3.05) is 19.7 Å². The molecule has 0 atom stereocenters. The van der Waals surface area contributed by atoms with E-state index in [0.29, 0.717) is 37.0 Å². The summed E-state index contributed by atoms with van der Waals surface area (Å²) < 4.78 is 11.8. The molecular weight excluding hydrogens is 502 g/mol. The summed E-state index contributed by atoms with van der Waals surface area (Å²) in [6, 6.07) is 23.8. The molecule has 0 amide bonds. The quantitative estimate of drug-likeness (QED) is 0.186. The fraction of sp³-hybridized carbons (Fsp3) is 0.281. The Labute approximate surface area is 235 Å². The van der Waals surface area contributed by atoms with Crippen LogP contribution in [0.5, 0.6) is 11.8 Å². The molecule has 0 unspecified atom stereocenters. The minimum absolute atomic E-state index is 0.0937. The maximum Gasteiger partial charge on any atom is 0.213 e. The summed E-state index contributed by atoms with van der Waals surface area (Å²) in [5.74, 6) is 1.06. The first kappa shape index (κ1) is 28.7. The summed E-state index contributed by atoms with van der Waals surface area (Å²) in [6.07, 6.45) is 4.67. The first-order valence-corrected chi connectivity index (χ1v) is 13.5. The average molecular weight is 538 g/mol. The van der Waals surface area contributed by atoms with Gasteiger partial charge < -0.3 is 25.2 Å². The molecule has 3 N–H and O–H groups in total. The highest BCUT2D eigenvalue weighted by Crippen LogP contribution is 2.28. The zero-order chi connectivity index (χ0) is 28.0. The number of ether oxygens (including phenoxy) is 2. The van der Waals surface area contributed by atoms with Crippen molar-refractivity contribution in [2.24, 2.45) is 0 Å². The predicted octanol–water partition coefficient (Wildman–Crippen LogP) is 4.75. The number of hydrogen-bond donors (Lipinski definition) is 3. The Kier molecular flexibility index (Phi) is 11.0. The lowest BCUT2D eigenvalue weighted by Gasteiger charge is -2.12. The maximum atomic E-state index is 10.0. The molecule has 2 heterocycles. The molecule has 2 aromatic carbocycles. The fourth-order valence-corrected chi connectivity index (χ4v) is 4.15. The van der Waals surface area contributed by atoms with E-state index in [1.54, 1.807) is 12.3 Å². The van der Waals surface area contributed by atoms with E-state index < -0.39 is 0 Å². The Hall–Kier alpha value is -4.29. The molecule has 8 nitrogen and oxygen atoms in total. The van der Waals surface area contributed by atoms with Gasteiger partial charge in [-0.25, -0.2) is 9.97 Å². The van der Waals surface area contributed by atoms with Gasteiger partial charge in [0.05, 0.1) is 12.2 Å². The smallest absolute Gasteiger partial charge is 0.213 e. The van der Waals surface area contributed by atoms with E-state index >= 15 is 0 Å². The molecule has 8 heteroatoms.